The van der Waals surface area contributed by atoms with Gasteiger partial charge in [0.2, 0.25) is 0 Å². The van der Waals surface area contributed by atoms with Gasteiger partial charge in [0.05, 0.1) is 6.61 Å². The van der Waals surface area contributed by atoms with Crippen LogP contribution in [0.5, 0.6) is 5.75 Å². The second kappa shape index (κ2) is 6.71. The molecule has 11 heteroatoms. The maximum atomic E-state index is 12.9. The number of rotatable bonds is 4. The third-order valence-corrected chi connectivity index (χ3v) is 2.82. The van der Waals surface area contributed by atoms with Gasteiger partial charge in [-0.2, -0.15) is 13.2 Å². The van der Waals surface area contributed by atoms with Crippen LogP contribution < -0.4 is 4.74 Å². The Balaban J connectivity index is 3.63. The maximum absolute atomic E-state index is 12.9. The lowest BCUT2D eigenvalue weighted by Crippen LogP contribution is -2.24. The first kappa shape index (κ1) is 18.5. The van der Waals surface area contributed by atoms with Crippen LogP contribution in [0.3, 0.4) is 0 Å². The Morgan fingerprint density at radius 3 is 2.27 bits per heavy atom. The molecule has 0 aromatic carbocycles. The molecule has 1 heterocycles. The highest BCUT2D eigenvalue weighted by Gasteiger charge is 2.43. The summed E-state index contributed by atoms with van der Waals surface area (Å²) in [7, 11) is 0. The van der Waals surface area contributed by atoms with Gasteiger partial charge in [-0.05, 0) is 6.92 Å². The van der Waals surface area contributed by atoms with Gasteiger partial charge in [-0.25, -0.2) is 4.79 Å². The van der Waals surface area contributed by atoms with E-state index in [4.69, 9.17) is 0 Å². The first-order chi connectivity index (χ1) is 10.0. The number of hydrogen-bond acceptors (Lipinski definition) is 4. The predicted molar refractivity (Wildman–Crippen MR) is 64.5 cm³/mol. The molecule has 0 unspecified atom stereocenters. The van der Waals surface area contributed by atoms with Crippen LogP contribution in [0.2, 0.25) is 0 Å². The van der Waals surface area contributed by atoms with Gasteiger partial charge in [0, 0.05) is 17.1 Å². The molecule has 1 aromatic rings. The van der Waals surface area contributed by atoms with Crippen molar-refractivity contribution in [2.24, 2.45) is 0 Å². The molecule has 0 saturated carbocycles. The quantitative estimate of drug-likeness (QED) is 0.438. The van der Waals surface area contributed by atoms with Gasteiger partial charge in [-0.1, -0.05) is 15.9 Å². The zero-order chi connectivity index (χ0) is 17.1. The van der Waals surface area contributed by atoms with Gasteiger partial charge in [-0.15, -0.1) is 13.2 Å². The Morgan fingerprint density at radius 2 is 1.86 bits per heavy atom. The fraction of sp³-hybridized carbons (Fsp3) is 0.455. The number of esters is 1. The van der Waals surface area contributed by atoms with Crippen molar-refractivity contribution in [2.75, 3.05) is 6.61 Å². The van der Waals surface area contributed by atoms with E-state index in [0.717, 1.165) is 0 Å². The number of hydrogen-bond donors (Lipinski definition) is 0. The van der Waals surface area contributed by atoms with Crippen LogP contribution in [-0.4, -0.2) is 23.9 Å². The minimum Gasteiger partial charge on any atom is -0.462 e. The maximum Gasteiger partial charge on any atom is 0.573 e. The topological polar surface area (TPSA) is 48.4 Å². The standard InChI is InChI=1S/C11H8BrF6NO3/c1-2-21-9(20)6-7(22-11(16,17)18)5(3-12)4-19-8(6)10(13,14)15/h4H,2-3H2,1H3. The third-order valence-electron chi connectivity index (χ3n) is 2.21. The first-order valence-electron chi connectivity index (χ1n) is 5.59. The van der Waals surface area contributed by atoms with E-state index in [9.17, 15) is 31.1 Å². The fourth-order valence-electron chi connectivity index (χ4n) is 1.47. The molecule has 0 aliphatic heterocycles. The number of carbonyl (C=O) groups is 1. The smallest absolute Gasteiger partial charge is 0.462 e. The van der Waals surface area contributed by atoms with Crippen molar-refractivity contribution < 1.29 is 40.6 Å². The lowest BCUT2D eigenvalue weighted by molar-refractivity contribution is -0.275. The van der Waals surface area contributed by atoms with E-state index >= 15 is 0 Å². The molecular formula is C11H8BrF6NO3. The second-order valence-electron chi connectivity index (χ2n) is 3.74. The SMILES string of the molecule is CCOC(=O)c1c(C(F)(F)F)ncc(CBr)c1OC(F)(F)F. The summed E-state index contributed by atoms with van der Waals surface area (Å²) in [5.74, 6) is -2.89. The van der Waals surface area contributed by atoms with Crippen molar-refractivity contribution in [3.05, 3.63) is 23.0 Å². The molecule has 0 aliphatic carbocycles. The van der Waals surface area contributed by atoms with Crippen molar-refractivity contribution in [3.63, 3.8) is 0 Å². The Labute approximate surface area is 128 Å². The molecule has 0 fully saturated rings. The molecule has 0 bridgehead atoms. The Kier molecular flexibility index (Phi) is 5.65. The largest absolute Gasteiger partial charge is 0.573 e. The van der Waals surface area contributed by atoms with Crippen molar-refractivity contribution in [2.45, 2.75) is 24.8 Å². The fourth-order valence-corrected chi connectivity index (χ4v) is 1.87. The molecule has 0 aliphatic rings. The number of pyridine rings is 1. The number of ether oxygens (including phenoxy) is 2. The zero-order valence-corrected chi connectivity index (χ0v) is 12.4. The van der Waals surface area contributed by atoms with Crippen LogP contribution in [0.4, 0.5) is 26.3 Å². The number of nitrogens with zero attached hydrogens (tertiary/aromatic N) is 1. The third kappa shape index (κ3) is 4.49. The summed E-state index contributed by atoms with van der Waals surface area (Å²) in [6.07, 6.45) is -9.90. The van der Waals surface area contributed by atoms with Gasteiger partial charge in [-0.3, -0.25) is 4.98 Å². The second-order valence-corrected chi connectivity index (χ2v) is 4.30. The Morgan fingerprint density at radius 1 is 1.27 bits per heavy atom. The molecule has 22 heavy (non-hydrogen) atoms. The highest BCUT2D eigenvalue weighted by molar-refractivity contribution is 9.08. The number of aromatic nitrogens is 1. The molecule has 1 aromatic heterocycles. The van der Waals surface area contributed by atoms with E-state index < -0.39 is 35.5 Å². The summed E-state index contributed by atoms with van der Waals surface area (Å²) in [6, 6.07) is 0. The molecule has 1 rings (SSSR count). The molecule has 4 nitrogen and oxygen atoms in total. The lowest BCUT2D eigenvalue weighted by atomic mass is 10.1. The molecule has 0 radical (unpaired) electrons. The summed E-state index contributed by atoms with van der Waals surface area (Å²) >= 11 is 2.79. The summed E-state index contributed by atoms with van der Waals surface area (Å²) in [5, 5.41) is -0.310. The van der Waals surface area contributed by atoms with Crippen molar-refractivity contribution >= 4 is 21.9 Å². The molecule has 0 amide bonds. The zero-order valence-electron chi connectivity index (χ0n) is 10.8. The molecule has 0 spiro atoms. The molecule has 0 saturated heterocycles. The Hall–Kier alpha value is -1.52. The molecule has 0 atom stereocenters. The van der Waals surface area contributed by atoms with E-state index in [2.05, 4.69) is 30.4 Å². The summed E-state index contributed by atoms with van der Waals surface area (Å²) in [6.45, 7) is 0.956. The molecule has 124 valence electrons. The minimum absolute atomic E-state index is 0.310. The van der Waals surface area contributed by atoms with Crippen LogP contribution in [0.1, 0.15) is 28.5 Å². The van der Waals surface area contributed by atoms with Crippen LogP contribution in [0.25, 0.3) is 0 Å². The van der Waals surface area contributed by atoms with Crippen LogP contribution in [0.15, 0.2) is 6.20 Å². The minimum atomic E-state index is -5.29. The molecule has 0 N–H and O–H groups in total. The van der Waals surface area contributed by atoms with Gasteiger partial charge in [0.25, 0.3) is 0 Å². The van der Waals surface area contributed by atoms with E-state index in [-0.39, 0.29) is 17.5 Å². The van der Waals surface area contributed by atoms with Gasteiger partial charge in [0.1, 0.15) is 5.56 Å². The highest BCUT2D eigenvalue weighted by Crippen LogP contribution is 2.39. The van der Waals surface area contributed by atoms with Gasteiger partial charge < -0.3 is 9.47 Å². The number of halogens is 7. The van der Waals surface area contributed by atoms with Crippen molar-refractivity contribution in [1.29, 1.82) is 0 Å². The Bertz CT molecular complexity index is 558. The predicted octanol–water partition coefficient (Wildman–Crippen LogP) is 4.07. The number of carbonyl (C=O) groups excluding carboxylic acids is 1. The normalized spacial score (nSPS) is 12.2. The average molecular weight is 396 g/mol. The molecular weight excluding hydrogens is 388 g/mol. The first-order valence-corrected chi connectivity index (χ1v) is 6.71. The van der Waals surface area contributed by atoms with E-state index in [1.165, 1.54) is 6.92 Å². The summed E-state index contributed by atoms with van der Waals surface area (Å²) < 4.78 is 83.9. The van der Waals surface area contributed by atoms with E-state index in [1.807, 2.05) is 0 Å². The van der Waals surface area contributed by atoms with Crippen LogP contribution in [0, 0.1) is 0 Å². The van der Waals surface area contributed by atoms with Crippen molar-refractivity contribution in [3.8, 4) is 5.75 Å². The van der Waals surface area contributed by atoms with E-state index in [0.29, 0.717) is 6.20 Å². The van der Waals surface area contributed by atoms with Gasteiger partial charge >= 0.3 is 18.5 Å². The summed E-state index contributed by atoms with van der Waals surface area (Å²) in [4.78, 5) is 14.7. The average Bonchev–Trinajstić information content (AvgIpc) is 2.35. The van der Waals surface area contributed by atoms with Crippen LogP contribution in [-0.2, 0) is 16.2 Å². The van der Waals surface area contributed by atoms with Crippen LogP contribution >= 0.6 is 15.9 Å². The number of alkyl halides is 7. The lowest BCUT2D eigenvalue weighted by Gasteiger charge is -2.18. The monoisotopic (exact) mass is 395 g/mol. The summed E-state index contributed by atoms with van der Waals surface area (Å²) in [5.41, 5.74) is -3.60. The van der Waals surface area contributed by atoms with E-state index in [1.54, 1.807) is 0 Å². The highest BCUT2D eigenvalue weighted by atomic mass is 79.9. The van der Waals surface area contributed by atoms with Crippen molar-refractivity contribution in [1.82, 2.24) is 4.98 Å². The van der Waals surface area contributed by atoms with Gasteiger partial charge in [0.15, 0.2) is 11.4 Å².